The number of esters is 1. The fourth-order valence-corrected chi connectivity index (χ4v) is 2.19. The van der Waals surface area contributed by atoms with Crippen LogP contribution >= 0.6 is 15.9 Å². The summed E-state index contributed by atoms with van der Waals surface area (Å²) in [7, 11) is 1.34. The zero-order chi connectivity index (χ0) is 13.2. The van der Waals surface area contributed by atoms with Gasteiger partial charge < -0.3 is 14.2 Å². The highest BCUT2D eigenvalue weighted by atomic mass is 79.9. The van der Waals surface area contributed by atoms with Gasteiger partial charge in [0, 0.05) is 0 Å². The highest BCUT2D eigenvalue weighted by Gasteiger charge is 2.48. The number of alkyl halides is 1. The molecule has 1 aromatic rings. The molecule has 1 aliphatic rings. The van der Waals surface area contributed by atoms with Crippen LogP contribution in [-0.2, 0) is 19.0 Å². The molecular formula is C13H15BrO4. The number of methoxy groups -OCH3 is 1. The third kappa shape index (κ3) is 2.58. The molecule has 1 aliphatic heterocycles. The summed E-state index contributed by atoms with van der Waals surface area (Å²) in [5.41, 5.74) is 0.901. The Morgan fingerprint density at radius 1 is 1.39 bits per heavy atom. The first-order valence-electron chi connectivity index (χ1n) is 5.64. The smallest absolute Gasteiger partial charge is 0.338 e. The Morgan fingerprint density at radius 3 is 2.61 bits per heavy atom. The summed E-state index contributed by atoms with van der Waals surface area (Å²) in [4.78, 5) is 11.8. The van der Waals surface area contributed by atoms with Crippen LogP contribution in [0.2, 0.25) is 0 Å². The lowest BCUT2D eigenvalue weighted by molar-refractivity contribution is -0.166. The first-order valence-corrected chi connectivity index (χ1v) is 6.76. The third-order valence-electron chi connectivity index (χ3n) is 2.83. The van der Waals surface area contributed by atoms with Crippen molar-refractivity contribution < 1.29 is 19.0 Å². The van der Waals surface area contributed by atoms with Crippen LogP contribution in [0.3, 0.4) is 0 Å². The van der Waals surface area contributed by atoms with Gasteiger partial charge in [-0.15, -0.1) is 0 Å². The molecule has 1 aromatic carbocycles. The molecule has 0 radical (unpaired) electrons. The van der Waals surface area contributed by atoms with Gasteiger partial charge in [-0.1, -0.05) is 46.3 Å². The van der Waals surface area contributed by atoms with Gasteiger partial charge in [-0.3, -0.25) is 0 Å². The number of carbonyl (C=O) groups is 1. The van der Waals surface area contributed by atoms with Gasteiger partial charge in [0.2, 0.25) is 0 Å². The van der Waals surface area contributed by atoms with Gasteiger partial charge in [0.25, 0.3) is 0 Å². The molecule has 0 N–H and O–H groups in total. The molecule has 5 heteroatoms. The number of carbonyl (C=O) groups excluding carboxylic acids is 1. The fourth-order valence-electron chi connectivity index (χ4n) is 1.92. The summed E-state index contributed by atoms with van der Waals surface area (Å²) >= 11 is 3.33. The van der Waals surface area contributed by atoms with Crippen molar-refractivity contribution in [2.24, 2.45) is 0 Å². The molecular weight excluding hydrogens is 300 g/mol. The Morgan fingerprint density at radius 2 is 2.06 bits per heavy atom. The predicted octanol–water partition coefficient (Wildman–Crippen LogP) is 2.43. The largest absolute Gasteiger partial charge is 0.467 e. The van der Waals surface area contributed by atoms with E-state index in [9.17, 15) is 4.79 Å². The van der Waals surface area contributed by atoms with E-state index >= 15 is 0 Å². The Balaban J connectivity index is 2.29. The van der Waals surface area contributed by atoms with Crippen molar-refractivity contribution in [3.63, 3.8) is 0 Å². The molecule has 18 heavy (non-hydrogen) atoms. The average molecular weight is 315 g/mol. The zero-order valence-corrected chi connectivity index (χ0v) is 11.8. The van der Waals surface area contributed by atoms with Crippen LogP contribution in [0, 0.1) is 0 Å². The third-order valence-corrected chi connectivity index (χ3v) is 3.85. The highest BCUT2D eigenvalue weighted by molar-refractivity contribution is 9.09. The van der Waals surface area contributed by atoms with E-state index < -0.39 is 24.0 Å². The summed E-state index contributed by atoms with van der Waals surface area (Å²) in [6, 6.07) is 9.53. The minimum atomic E-state index is -0.820. The lowest BCUT2D eigenvalue weighted by atomic mass is 10.0. The van der Waals surface area contributed by atoms with E-state index in [2.05, 4.69) is 15.9 Å². The Kier molecular flexibility index (Phi) is 4.04. The van der Waals surface area contributed by atoms with Crippen molar-refractivity contribution in [3.8, 4) is 0 Å². The quantitative estimate of drug-likeness (QED) is 0.635. The van der Waals surface area contributed by atoms with Crippen molar-refractivity contribution in [1.82, 2.24) is 0 Å². The second-order valence-electron chi connectivity index (χ2n) is 4.28. The average Bonchev–Trinajstić information content (AvgIpc) is 2.78. The summed E-state index contributed by atoms with van der Waals surface area (Å²) in [6.45, 7) is 1.79. The van der Waals surface area contributed by atoms with E-state index in [1.807, 2.05) is 30.3 Å². The van der Waals surface area contributed by atoms with Crippen molar-refractivity contribution in [2.45, 2.75) is 24.9 Å². The molecule has 1 fully saturated rings. The normalized spacial score (nSPS) is 31.3. The van der Waals surface area contributed by atoms with Crippen molar-refractivity contribution in [2.75, 3.05) is 12.4 Å². The van der Waals surface area contributed by atoms with Crippen LogP contribution in [0.5, 0.6) is 0 Å². The highest BCUT2D eigenvalue weighted by Crippen LogP contribution is 2.39. The topological polar surface area (TPSA) is 44.8 Å². The maximum Gasteiger partial charge on any atom is 0.338 e. The minimum absolute atomic E-state index is 0.423. The Labute approximate surface area is 114 Å². The number of ether oxygens (including phenoxy) is 3. The molecule has 3 atom stereocenters. The van der Waals surface area contributed by atoms with Crippen LogP contribution < -0.4 is 0 Å². The van der Waals surface area contributed by atoms with Crippen LogP contribution in [-0.4, -0.2) is 30.3 Å². The molecule has 1 saturated heterocycles. The molecule has 0 amide bonds. The molecule has 0 spiro atoms. The van der Waals surface area contributed by atoms with E-state index in [1.165, 1.54) is 7.11 Å². The van der Waals surface area contributed by atoms with Crippen LogP contribution in [0.25, 0.3) is 0 Å². The van der Waals surface area contributed by atoms with Crippen LogP contribution in [0.15, 0.2) is 30.3 Å². The van der Waals surface area contributed by atoms with E-state index in [0.717, 1.165) is 5.56 Å². The van der Waals surface area contributed by atoms with E-state index in [-0.39, 0.29) is 0 Å². The summed E-state index contributed by atoms with van der Waals surface area (Å²) in [6.07, 6.45) is -1.18. The van der Waals surface area contributed by atoms with Crippen molar-refractivity contribution >= 4 is 21.9 Å². The molecule has 0 aliphatic carbocycles. The van der Waals surface area contributed by atoms with Gasteiger partial charge in [-0.25, -0.2) is 4.79 Å². The van der Waals surface area contributed by atoms with Crippen LogP contribution in [0.1, 0.15) is 18.6 Å². The van der Waals surface area contributed by atoms with Gasteiger partial charge in [0.05, 0.1) is 12.4 Å². The fraction of sp³-hybridized carbons (Fsp3) is 0.462. The molecule has 4 nitrogen and oxygen atoms in total. The monoisotopic (exact) mass is 314 g/mol. The zero-order valence-electron chi connectivity index (χ0n) is 10.3. The van der Waals surface area contributed by atoms with E-state index in [4.69, 9.17) is 14.2 Å². The second kappa shape index (κ2) is 5.38. The Bertz CT molecular complexity index is 422. The molecule has 0 bridgehead atoms. The molecule has 1 heterocycles. The number of hydrogen-bond acceptors (Lipinski definition) is 4. The summed E-state index contributed by atoms with van der Waals surface area (Å²) in [5, 5.41) is 0.483. The maximum atomic E-state index is 11.8. The molecule has 0 aromatic heterocycles. The van der Waals surface area contributed by atoms with Crippen molar-refractivity contribution in [1.29, 1.82) is 0 Å². The number of hydrogen-bond donors (Lipinski definition) is 0. The SMILES string of the molecule is COC(=O)C1OC(C)(CBr)OC1c1ccccc1. The first kappa shape index (κ1) is 13.5. The van der Waals surface area contributed by atoms with Gasteiger partial charge in [-0.2, -0.15) is 0 Å². The standard InChI is InChI=1S/C13H15BrO4/c1-13(8-14)17-10(9-6-4-3-5-7-9)11(18-13)12(15)16-2/h3-7,10-11H,8H2,1-2H3. The van der Waals surface area contributed by atoms with Crippen LogP contribution in [0.4, 0.5) is 0 Å². The van der Waals surface area contributed by atoms with Crippen molar-refractivity contribution in [3.05, 3.63) is 35.9 Å². The second-order valence-corrected chi connectivity index (χ2v) is 4.84. The summed E-state index contributed by atoms with van der Waals surface area (Å²) in [5.74, 6) is -1.24. The predicted molar refractivity (Wildman–Crippen MR) is 69.4 cm³/mol. The molecule has 98 valence electrons. The molecule has 3 unspecified atom stereocenters. The lowest BCUT2D eigenvalue weighted by Gasteiger charge is -2.19. The van der Waals surface area contributed by atoms with Gasteiger partial charge >= 0.3 is 5.97 Å². The van der Waals surface area contributed by atoms with Gasteiger partial charge in [0.15, 0.2) is 11.9 Å². The number of rotatable bonds is 3. The van der Waals surface area contributed by atoms with Gasteiger partial charge in [-0.05, 0) is 12.5 Å². The van der Waals surface area contributed by atoms with E-state index in [1.54, 1.807) is 6.92 Å². The Hall–Kier alpha value is -0.910. The number of halogens is 1. The molecule has 2 rings (SSSR count). The maximum absolute atomic E-state index is 11.8. The minimum Gasteiger partial charge on any atom is -0.467 e. The summed E-state index contributed by atoms with van der Waals surface area (Å²) < 4.78 is 16.3. The van der Waals surface area contributed by atoms with Gasteiger partial charge in [0.1, 0.15) is 6.10 Å². The number of benzene rings is 1. The lowest BCUT2D eigenvalue weighted by Crippen LogP contribution is -2.31. The first-order chi connectivity index (χ1) is 8.59. The molecule has 0 saturated carbocycles. The van der Waals surface area contributed by atoms with E-state index in [0.29, 0.717) is 5.33 Å².